The van der Waals surface area contributed by atoms with Crippen LogP contribution in [0.3, 0.4) is 0 Å². The van der Waals surface area contributed by atoms with E-state index in [9.17, 15) is 8.42 Å². The number of hydrogen-bond acceptors (Lipinski definition) is 4. The number of nitrogens with zero attached hydrogens (tertiary/aromatic N) is 1. The summed E-state index contributed by atoms with van der Waals surface area (Å²) in [5.74, 6) is 0. The molecule has 1 aromatic rings. The van der Waals surface area contributed by atoms with Gasteiger partial charge >= 0.3 is 0 Å². The summed E-state index contributed by atoms with van der Waals surface area (Å²) in [7, 11) is -3.91. The van der Waals surface area contributed by atoms with Gasteiger partial charge in [-0.15, -0.1) is 0 Å². The summed E-state index contributed by atoms with van der Waals surface area (Å²) in [6.45, 7) is 4.25. The van der Waals surface area contributed by atoms with Crippen LogP contribution in [0.5, 0.6) is 0 Å². The van der Waals surface area contributed by atoms with Gasteiger partial charge in [-0.3, -0.25) is 0 Å². The molecule has 1 heterocycles. The lowest BCUT2D eigenvalue weighted by Crippen LogP contribution is -2.59. The van der Waals surface area contributed by atoms with Crippen LogP contribution >= 0.6 is 0 Å². The van der Waals surface area contributed by atoms with Crippen molar-refractivity contribution in [3.63, 3.8) is 0 Å². The number of hydrogen-bond donors (Lipinski definition) is 1. The van der Waals surface area contributed by atoms with Gasteiger partial charge in [0.1, 0.15) is 0 Å². The molecule has 1 unspecified atom stereocenters. The fourth-order valence-electron chi connectivity index (χ4n) is 2.61. The number of rotatable bonds is 5. The van der Waals surface area contributed by atoms with E-state index in [1.165, 1.54) is 0 Å². The zero-order valence-corrected chi connectivity index (χ0v) is 12.6. The lowest BCUT2D eigenvalue weighted by atomic mass is 10.1. The molecular weight excluding hydrogens is 276 g/mol. The molecule has 0 aliphatic carbocycles. The molecular formula is C14H20N2O3S. The van der Waals surface area contributed by atoms with Crippen LogP contribution in [0.1, 0.15) is 25.8 Å². The van der Waals surface area contributed by atoms with Crippen molar-refractivity contribution < 1.29 is 13.2 Å². The molecule has 1 aliphatic rings. The van der Waals surface area contributed by atoms with Crippen molar-refractivity contribution >= 4 is 21.8 Å². The smallest absolute Gasteiger partial charge is 0.259 e. The average molecular weight is 296 g/mol. The number of para-hydroxylation sites is 1. The number of primary sulfonamides is 1. The molecule has 110 valence electrons. The van der Waals surface area contributed by atoms with Crippen LogP contribution in [-0.2, 0) is 14.8 Å². The highest BCUT2D eigenvalue weighted by Crippen LogP contribution is 2.36. The molecule has 20 heavy (non-hydrogen) atoms. The standard InChI is InChI=1S/C14H20N2O3S/c1-3-14(19-4-2,20(15,17)18)16-11-7-9-12-8-5-6-10-13(12)16/h5-10H,3-4,11H2,1-2H3,(H2,15,17,18). The predicted molar refractivity (Wildman–Crippen MR) is 80.6 cm³/mol. The Morgan fingerprint density at radius 3 is 2.65 bits per heavy atom. The quantitative estimate of drug-likeness (QED) is 0.901. The third-order valence-electron chi connectivity index (χ3n) is 3.49. The van der Waals surface area contributed by atoms with Crippen molar-refractivity contribution in [1.82, 2.24) is 0 Å². The molecule has 1 aliphatic heterocycles. The fraction of sp³-hybridized carbons (Fsp3) is 0.429. The Balaban J connectivity index is 2.59. The van der Waals surface area contributed by atoms with Crippen molar-refractivity contribution in [2.45, 2.75) is 25.3 Å². The van der Waals surface area contributed by atoms with E-state index in [0.717, 1.165) is 11.3 Å². The van der Waals surface area contributed by atoms with Crippen LogP contribution in [0.4, 0.5) is 5.69 Å². The summed E-state index contributed by atoms with van der Waals surface area (Å²) in [5, 5.41) is 3.96. The van der Waals surface area contributed by atoms with Gasteiger partial charge in [-0.1, -0.05) is 37.3 Å². The Bertz CT molecular complexity index is 613. The first-order valence-corrected chi connectivity index (χ1v) is 8.20. The molecule has 2 N–H and O–H groups in total. The number of sulfonamides is 1. The van der Waals surface area contributed by atoms with Gasteiger partial charge in [-0.05, 0) is 18.6 Å². The summed E-state index contributed by atoms with van der Waals surface area (Å²) in [4.78, 5) is 1.72. The first kappa shape index (κ1) is 15.0. The summed E-state index contributed by atoms with van der Waals surface area (Å²) >= 11 is 0. The minimum absolute atomic E-state index is 0.252. The summed E-state index contributed by atoms with van der Waals surface area (Å²) in [6.07, 6.45) is 4.14. The molecule has 6 heteroatoms. The second-order valence-electron chi connectivity index (χ2n) is 4.62. The minimum atomic E-state index is -3.91. The molecule has 0 bridgehead atoms. The molecule has 1 atom stereocenters. The molecule has 0 saturated heterocycles. The maximum Gasteiger partial charge on any atom is 0.259 e. The van der Waals surface area contributed by atoms with E-state index in [2.05, 4.69) is 0 Å². The van der Waals surface area contributed by atoms with E-state index in [-0.39, 0.29) is 13.0 Å². The van der Waals surface area contributed by atoms with Crippen molar-refractivity contribution in [3.05, 3.63) is 35.9 Å². The lowest BCUT2D eigenvalue weighted by molar-refractivity contribution is 0.0218. The summed E-state index contributed by atoms with van der Waals surface area (Å²) < 4.78 is 30.0. The van der Waals surface area contributed by atoms with Crippen LogP contribution in [0, 0.1) is 0 Å². The SMILES string of the molecule is CCOC(CC)(N1CC=Cc2ccccc21)S(N)(=O)=O. The predicted octanol–water partition coefficient (Wildman–Crippen LogP) is 1.91. The minimum Gasteiger partial charge on any atom is -0.342 e. The number of anilines is 1. The van der Waals surface area contributed by atoms with E-state index in [1.54, 1.807) is 18.7 Å². The molecule has 2 rings (SSSR count). The van der Waals surface area contributed by atoms with Crippen molar-refractivity contribution in [2.24, 2.45) is 5.14 Å². The highest BCUT2D eigenvalue weighted by molar-refractivity contribution is 7.90. The van der Waals surface area contributed by atoms with Crippen LogP contribution in [0.25, 0.3) is 6.08 Å². The maximum atomic E-state index is 12.2. The van der Waals surface area contributed by atoms with Crippen molar-refractivity contribution in [3.8, 4) is 0 Å². The Hall–Kier alpha value is -1.37. The van der Waals surface area contributed by atoms with Gasteiger partial charge in [-0.2, -0.15) is 0 Å². The molecule has 0 radical (unpaired) electrons. The first-order chi connectivity index (χ1) is 9.46. The number of nitrogens with two attached hydrogens (primary N) is 1. The van der Waals surface area contributed by atoms with Gasteiger partial charge in [0.05, 0.1) is 0 Å². The van der Waals surface area contributed by atoms with E-state index in [4.69, 9.17) is 9.88 Å². The van der Waals surface area contributed by atoms with Gasteiger partial charge in [0.15, 0.2) is 0 Å². The van der Waals surface area contributed by atoms with E-state index >= 15 is 0 Å². The van der Waals surface area contributed by atoms with Crippen molar-refractivity contribution in [1.29, 1.82) is 0 Å². The van der Waals surface area contributed by atoms with Crippen molar-refractivity contribution in [2.75, 3.05) is 18.1 Å². The molecule has 0 aromatic heterocycles. The van der Waals surface area contributed by atoms with Crippen LogP contribution < -0.4 is 10.0 Å². The monoisotopic (exact) mass is 296 g/mol. The Morgan fingerprint density at radius 1 is 1.35 bits per heavy atom. The summed E-state index contributed by atoms with van der Waals surface area (Å²) in [6, 6.07) is 7.61. The highest BCUT2D eigenvalue weighted by atomic mass is 32.2. The van der Waals surface area contributed by atoms with Crippen LogP contribution in [-0.4, -0.2) is 26.6 Å². The van der Waals surface area contributed by atoms with E-state index in [1.807, 2.05) is 36.4 Å². The van der Waals surface area contributed by atoms with Gasteiger partial charge in [0.25, 0.3) is 15.1 Å². The van der Waals surface area contributed by atoms with E-state index in [0.29, 0.717) is 6.54 Å². The molecule has 0 spiro atoms. The lowest BCUT2D eigenvalue weighted by Gasteiger charge is -2.43. The second-order valence-corrected chi connectivity index (χ2v) is 6.34. The topological polar surface area (TPSA) is 72.6 Å². The first-order valence-electron chi connectivity index (χ1n) is 6.65. The normalized spacial score (nSPS) is 17.6. The van der Waals surface area contributed by atoms with Crippen LogP contribution in [0.15, 0.2) is 30.3 Å². The number of ether oxygens (including phenoxy) is 1. The molecule has 5 nitrogen and oxygen atoms in total. The average Bonchev–Trinajstić information content (AvgIpc) is 2.43. The van der Waals surface area contributed by atoms with E-state index < -0.39 is 15.1 Å². The fourth-order valence-corrected chi connectivity index (χ4v) is 3.78. The second kappa shape index (κ2) is 5.55. The molecule has 0 amide bonds. The zero-order valence-electron chi connectivity index (χ0n) is 11.7. The van der Waals surface area contributed by atoms with Crippen LogP contribution in [0.2, 0.25) is 0 Å². The Labute approximate surface area is 120 Å². The molecule has 1 aromatic carbocycles. The third-order valence-corrected chi connectivity index (χ3v) is 5.00. The van der Waals surface area contributed by atoms with Gasteiger partial charge < -0.3 is 9.64 Å². The Kier molecular flexibility index (Phi) is 4.17. The zero-order chi connectivity index (χ0) is 14.8. The molecule has 0 fully saturated rings. The van der Waals surface area contributed by atoms with Gasteiger partial charge in [-0.25, -0.2) is 13.6 Å². The Morgan fingerprint density at radius 2 is 2.05 bits per heavy atom. The highest BCUT2D eigenvalue weighted by Gasteiger charge is 2.47. The van der Waals surface area contributed by atoms with Gasteiger partial charge in [0.2, 0.25) is 0 Å². The number of benzene rings is 1. The maximum absolute atomic E-state index is 12.2. The van der Waals surface area contributed by atoms with Gasteiger partial charge in [0, 0.05) is 25.3 Å². The third kappa shape index (κ3) is 2.34. The number of fused-ring (bicyclic) bond motifs is 1. The summed E-state index contributed by atoms with van der Waals surface area (Å²) in [5.41, 5.74) is 1.78. The largest absolute Gasteiger partial charge is 0.342 e. The molecule has 0 saturated carbocycles.